The van der Waals surface area contributed by atoms with Crippen molar-refractivity contribution in [3.05, 3.63) is 17.3 Å². The Labute approximate surface area is 114 Å². The molecule has 0 unspecified atom stereocenters. The minimum Gasteiger partial charge on any atom is -0.443 e. The van der Waals surface area contributed by atoms with Crippen molar-refractivity contribution in [2.45, 2.75) is 24.1 Å². The number of aromatic nitrogens is 2. The van der Waals surface area contributed by atoms with Crippen molar-refractivity contribution in [3.8, 4) is 5.88 Å². The van der Waals surface area contributed by atoms with Gasteiger partial charge >= 0.3 is 24.1 Å². The van der Waals surface area contributed by atoms with Crippen LogP contribution in [0.15, 0.2) is 12.1 Å². The molecule has 0 fully saturated rings. The van der Waals surface area contributed by atoms with Crippen LogP contribution in [0.5, 0.6) is 5.88 Å². The molecule has 0 aliphatic carbocycles. The quantitative estimate of drug-likeness (QED) is 0.760. The van der Waals surface area contributed by atoms with E-state index in [9.17, 15) is 39.5 Å². The van der Waals surface area contributed by atoms with E-state index in [2.05, 4.69) is 14.9 Å². The van der Waals surface area contributed by atoms with Gasteiger partial charge in [0.2, 0.25) is 5.88 Å². The SMILES string of the molecule is FC(F)(F)C(Oc1ccc(Cl)nn1)(C(F)(F)F)C(F)(F)F. The molecule has 21 heavy (non-hydrogen) atoms. The number of nitrogens with zero attached hydrogens (tertiary/aromatic N) is 2. The topological polar surface area (TPSA) is 35.0 Å². The second-order valence-corrected chi connectivity index (χ2v) is 3.86. The van der Waals surface area contributed by atoms with E-state index in [1.54, 1.807) is 0 Å². The molecule has 13 heteroatoms. The van der Waals surface area contributed by atoms with Gasteiger partial charge in [0.25, 0.3) is 0 Å². The third-order valence-corrected chi connectivity index (χ3v) is 2.26. The molecule has 0 spiro atoms. The highest BCUT2D eigenvalue weighted by Gasteiger charge is 2.87. The van der Waals surface area contributed by atoms with E-state index in [0.717, 1.165) is 0 Å². The van der Waals surface area contributed by atoms with Crippen LogP contribution in [0.25, 0.3) is 0 Å². The fourth-order valence-electron chi connectivity index (χ4n) is 1.17. The van der Waals surface area contributed by atoms with Crippen molar-refractivity contribution in [1.82, 2.24) is 10.2 Å². The molecule has 1 aromatic heterocycles. The minimum absolute atomic E-state index is 0.285. The third-order valence-electron chi connectivity index (χ3n) is 2.06. The summed E-state index contributed by atoms with van der Waals surface area (Å²) in [5, 5.41) is 4.92. The van der Waals surface area contributed by atoms with Gasteiger partial charge in [0, 0.05) is 6.07 Å². The maximum atomic E-state index is 12.5. The summed E-state index contributed by atoms with van der Waals surface area (Å²) < 4.78 is 116. The van der Waals surface area contributed by atoms with Gasteiger partial charge in [0.05, 0.1) is 0 Å². The standard InChI is InChI=1S/C8H2ClF9N2O/c9-3-1-2-4(20-19-3)21-5(6(10,11)12,7(13,14)15)8(16,17)18/h1-2H. The van der Waals surface area contributed by atoms with Gasteiger partial charge in [0.1, 0.15) is 0 Å². The number of hydrogen-bond donors (Lipinski definition) is 0. The van der Waals surface area contributed by atoms with E-state index < -0.39 is 35.2 Å². The van der Waals surface area contributed by atoms with Crippen molar-refractivity contribution >= 4 is 11.6 Å². The lowest BCUT2D eigenvalue weighted by Crippen LogP contribution is -2.69. The molecule has 0 aromatic carbocycles. The van der Waals surface area contributed by atoms with Crippen LogP contribution in [-0.2, 0) is 0 Å². The molecule has 0 amide bonds. The van der Waals surface area contributed by atoms with Crippen molar-refractivity contribution in [3.63, 3.8) is 0 Å². The molecule has 0 aliphatic heterocycles. The summed E-state index contributed by atoms with van der Waals surface area (Å²) in [6, 6.07) is 0.894. The van der Waals surface area contributed by atoms with E-state index in [-0.39, 0.29) is 6.07 Å². The van der Waals surface area contributed by atoms with Crippen LogP contribution in [-0.4, -0.2) is 34.3 Å². The van der Waals surface area contributed by atoms with Crippen LogP contribution < -0.4 is 4.74 Å². The first-order chi connectivity index (χ1) is 9.22. The van der Waals surface area contributed by atoms with Crippen molar-refractivity contribution < 1.29 is 44.3 Å². The predicted octanol–water partition coefficient (Wildman–Crippen LogP) is 3.93. The fourth-order valence-corrected chi connectivity index (χ4v) is 1.27. The summed E-state index contributed by atoms with van der Waals surface area (Å²) in [6.45, 7) is 0. The summed E-state index contributed by atoms with van der Waals surface area (Å²) >= 11 is 5.16. The van der Waals surface area contributed by atoms with Gasteiger partial charge in [-0.15, -0.1) is 10.2 Å². The number of hydrogen-bond acceptors (Lipinski definition) is 3. The molecule has 1 aromatic rings. The minimum atomic E-state index is -6.84. The van der Waals surface area contributed by atoms with Crippen LogP contribution in [0.2, 0.25) is 5.15 Å². The van der Waals surface area contributed by atoms with E-state index in [0.29, 0.717) is 6.07 Å². The highest BCUT2D eigenvalue weighted by atomic mass is 35.5. The molecule has 120 valence electrons. The Kier molecular flexibility index (Phi) is 4.25. The molecular formula is C8H2ClF9N2O. The fraction of sp³-hybridized carbons (Fsp3) is 0.500. The molecule has 0 saturated heterocycles. The molecule has 0 aliphatic rings. The van der Waals surface area contributed by atoms with E-state index in [1.807, 2.05) is 0 Å². The van der Waals surface area contributed by atoms with Crippen molar-refractivity contribution in [1.29, 1.82) is 0 Å². The monoisotopic (exact) mass is 348 g/mol. The Morgan fingerprint density at radius 2 is 1.19 bits per heavy atom. The Morgan fingerprint density at radius 3 is 1.48 bits per heavy atom. The van der Waals surface area contributed by atoms with E-state index >= 15 is 0 Å². The van der Waals surface area contributed by atoms with Crippen molar-refractivity contribution in [2.24, 2.45) is 0 Å². The zero-order valence-corrected chi connectivity index (χ0v) is 9.99. The zero-order chi connectivity index (χ0) is 16.7. The lowest BCUT2D eigenvalue weighted by atomic mass is 10.0. The lowest BCUT2D eigenvalue weighted by Gasteiger charge is -2.37. The summed E-state index contributed by atoms with van der Waals surface area (Å²) in [5.41, 5.74) is -6.44. The summed E-state index contributed by atoms with van der Waals surface area (Å²) in [6.07, 6.45) is -20.5. The maximum absolute atomic E-state index is 12.5. The van der Waals surface area contributed by atoms with Crippen LogP contribution in [0.3, 0.4) is 0 Å². The van der Waals surface area contributed by atoms with E-state index in [1.165, 1.54) is 0 Å². The molecular weight excluding hydrogens is 347 g/mol. The first-order valence-electron chi connectivity index (χ1n) is 4.61. The van der Waals surface area contributed by atoms with Crippen molar-refractivity contribution in [2.75, 3.05) is 0 Å². The Morgan fingerprint density at radius 1 is 0.762 bits per heavy atom. The van der Waals surface area contributed by atoms with Crippen LogP contribution in [0, 0.1) is 0 Å². The predicted molar refractivity (Wildman–Crippen MR) is 48.6 cm³/mol. The normalized spacial score (nSPS) is 14.2. The smallest absolute Gasteiger partial charge is 0.443 e. The molecule has 0 radical (unpaired) electrons. The highest BCUT2D eigenvalue weighted by Crippen LogP contribution is 2.54. The number of halogens is 10. The van der Waals surface area contributed by atoms with Crippen LogP contribution in [0.1, 0.15) is 0 Å². The number of alkyl halides is 9. The largest absolute Gasteiger partial charge is 0.447 e. The average Bonchev–Trinajstić information content (AvgIpc) is 2.22. The van der Waals surface area contributed by atoms with Crippen LogP contribution >= 0.6 is 11.6 Å². The zero-order valence-electron chi connectivity index (χ0n) is 9.24. The molecule has 0 saturated carbocycles. The van der Waals surface area contributed by atoms with Gasteiger partial charge < -0.3 is 4.74 Å². The lowest BCUT2D eigenvalue weighted by molar-refractivity contribution is -0.437. The second-order valence-electron chi connectivity index (χ2n) is 3.47. The second kappa shape index (κ2) is 5.07. The van der Waals surface area contributed by atoms with Gasteiger partial charge in [-0.3, -0.25) is 0 Å². The van der Waals surface area contributed by atoms with Gasteiger partial charge in [-0.2, -0.15) is 39.5 Å². The molecule has 0 N–H and O–H groups in total. The summed E-state index contributed by atoms with van der Waals surface area (Å²) in [5.74, 6) is -1.65. The first-order valence-corrected chi connectivity index (χ1v) is 4.98. The highest BCUT2D eigenvalue weighted by molar-refractivity contribution is 6.29. The molecule has 0 bridgehead atoms. The third kappa shape index (κ3) is 3.09. The van der Waals surface area contributed by atoms with E-state index in [4.69, 9.17) is 11.6 Å². The van der Waals surface area contributed by atoms with Crippen LogP contribution in [0.4, 0.5) is 39.5 Å². The molecule has 3 nitrogen and oxygen atoms in total. The molecule has 1 heterocycles. The average molecular weight is 349 g/mol. The van der Waals surface area contributed by atoms with Gasteiger partial charge in [-0.25, -0.2) is 0 Å². The Bertz CT molecular complexity index is 456. The number of ether oxygens (including phenoxy) is 1. The maximum Gasteiger partial charge on any atom is 0.447 e. The first kappa shape index (κ1) is 17.6. The Hall–Kier alpha value is -1.46. The number of rotatable bonds is 2. The van der Waals surface area contributed by atoms with Gasteiger partial charge in [-0.05, 0) is 6.07 Å². The molecule has 1 rings (SSSR count). The molecule has 0 atom stereocenters. The Balaban J connectivity index is 3.47. The van der Waals surface area contributed by atoms with Gasteiger partial charge in [0.15, 0.2) is 5.15 Å². The summed E-state index contributed by atoms with van der Waals surface area (Å²) in [4.78, 5) is 0. The van der Waals surface area contributed by atoms with Gasteiger partial charge in [-0.1, -0.05) is 11.6 Å². The summed E-state index contributed by atoms with van der Waals surface area (Å²) in [7, 11) is 0.